The van der Waals surface area contributed by atoms with Gasteiger partial charge >= 0.3 is 0 Å². The van der Waals surface area contributed by atoms with E-state index < -0.39 is 22.5 Å². The number of hydrogen-bond donors (Lipinski definition) is 1. The Balaban J connectivity index is 1.98. The van der Waals surface area contributed by atoms with Gasteiger partial charge in [-0.05, 0) is 50.2 Å². The summed E-state index contributed by atoms with van der Waals surface area (Å²) >= 11 is 0. The topological polar surface area (TPSA) is 84.9 Å². The number of benzene rings is 3. The molecule has 3 aromatic rings. The number of amides is 1. The van der Waals surface area contributed by atoms with Crippen molar-refractivity contribution in [3.63, 3.8) is 0 Å². The lowest BCUT2D eigenvalue weighted by molar-refractivity contribution is -0.114. The summed E-state index contributed by atoms with van der Waals surface area (Å²) in [6.45, 7) is 3.70. The van der Waals surface area contributed by atoms with Crippen LogP contribution in [-0.2, 0) is 14.8 Å². The molecule has 0 heterocycles. The van der Waals surface area contributed by atoms with Gasteiger partial charge in [0.15, 0.2) is 0 Å². The third-order valence-electron chi connectivity index (χ3n) is 4.71. The molecular weight excluding hydrogens is 428 g/mol. The molecule has 0 fully saturated rings. The Morgan fingerprint density at radius 2 is 1.56 bits per heavy atom. The first-order valence-corrected chi connectivity index (χ1v) is 11.5. The Morgan fingerprint density at radius 3 is 2.22 bits per heavy atom. The number of anilines is 2. The Kier molecular flexibility index (Phi) is 7.37. The summed E-state index contributed by atoms with van der Waals surface area (Å²) in [5, 5.41) is 2.75. The smallest absolute Gasteiger partial charge is 0.264 e. The fraction of sp³-hybridized carbons (Fsp3) is 0.208. The molecule has 1 N–H and O–H groups in total. The number of sulfonamides is 1. The van der Waals surface area contributed by atoms with Gasteiger partial charge in [-0.25, -0.2) is 8.42 Å². The quantitative estimate of drug-likeness (QED) is 0.523. The fourth-order valence-corrected chi connectivity index (χ4v) is 4.58. The number of hydrogen-bond acceptors (Lipinski definition) is 5. The highest BCUT2D eigenvalue weighted by Crippen LogP contribution is 2.32. The van der Waals surface area contributed by atoms with E-state index in [0.717, 1.165) is 9.87 Å². The molecule has 1 amide bonds. The van der Waals surface area contributed by atoms with Gasteiger partial charge in [-0.2, -0.15) is 0 Å². The Bertz CT molecular complexity index is 1180. The van der Waals surface area contributed by atoms with E-state index in [0.29, 0.717) is 23.8 Å². The highest BCUT2D eigenvalue weighted by Gasteiger charge is 2.29. The summed E-state index contributed by atoms with van der Waals surface area (Å²) in [6.07, 6.45) is 0. The molecule has 0 bridgehead atoms. The van der Waals surface area contributed by atoms with Crippen LogP contribution in [0.4, 0.5) is 11.4 Å². The van der Waals surface area contributed by atoms with Crippen LogP contribution in [0.25, 0.3) is 0 Å². The summed E-state index contributed by atoms with van der Waals surface area (Å²) in [7, 11) is -2.60. The van der Waals surface area contributed by atoms with E-state index in [2.05, 4.69) is 5.32 Å². The predicted octanol–water partition coefficient (Wildman–Crippen LogP) is 4.24. The number of ether oxygens (including phenoxy) is 2. The van der Waals surface area contributed by atoms with Crippen molar-refractivity contribution in [1.82, 2.24) is 0 Å². The second-order valence-electron chi connectivity index (χ2n) is 6.97. The minimum atomic E-state index is -4.05. The van der Waals surface area contributed by atoms with Gasteiger partial charge in [0.2, 0.25) is 5.91 Å². The Hall–Kier alpha value is -3.52. The highest BCUT2D eigenvalue weighted by molar-refractivity contribution is 7.92. The van der Waals surface area contributed by atoms with Crippen LogP contribution in [0.15, 0.2) is 77.7 Å². The zero-order valence-corrected chi connectivity index (χ0v) is 19.1. The molecule has 7 nitrogen and oxygen atoms in total. The van der Waals surface area contributed by atoms with Crippen molar-refractivity contribution in [2.45, 2.75) is 18.7 Å². The van der Waals surface area contributed by atoms with Gasteiger partial charge in [0.25, 0.3) is 10.0 Å². The summed E-state index contributed by atoms with van der Waals surface area (Å²) in [4.78, 5) is 13.1. The van der Waals surface area contributed by atoms with Crippen molar-refractivity contribution in [1.29, 1.82) is 0 Å². The number of nitrogens with zero attached hydrogens (tertiary/aromatic N) is 1. The maximum Gasteiger partial charge on any atom is 0.264 e. The number of carbonyl (C=O) groups excluding carboxylic acids is 1. The molecule has 3 rings (SSSR count). The molecule has 0 radical (unpaired) electrons. The maximum absolute atomic E-state index is 13.5. The van der Waals surface area contributed by atoms with Crippen LogP contribution in [-0.4, -0.2) is 34.6 Å². The molecule has 0 aliphatic rings. The average molecular weight is 455 g/mol. The van der Waals surface area contributed by atoms with Crippen molar-refractivity contribution >= 4 is 27.3 Å². The zero-order chi connectivity index (χ0) is 23.1. The molecule has 0 saturated heterocycles. The van der Waals surface area contributed by atoms with Crippen molar-refractivity contribution in [2.75, 3.05) is 29.9 Å². The molecule has 0 atom stereocenters. The largest absolute Gasteiger partial charge is 0.495 e. The van der Waals surface area contributed by atoms with Crippen molar-refractivity contribution in [3.8, 4) is 11.5 Å². The summed E-state index contributed by atoms with van der Waals surface area (Å²) in [5.41, 5.74) is 1.66. The van der Waals surface area contributed by atoms with E-state index in [1.807, 2.05) is 13.8 Å². The lowest BCUT2D eigenvalue weighted by Gasteiger charge is -2.25. The Morgan fingerprint density at radius 1 is 0.938 bits per heavy atom. The normalized spacial score (nSPS) is 11.0. The van der Waals surface area contributed by atoms with Gasteiger partial charge in [-0.1, -0.05) is 42.0 Å². The van der Waals surface area contributed by atoms with Crippen LogP contribution in [0.1, 0.15) is 12.5 Å². The average Bonchev–Trinajstić information content (AvgIpc) is 2.79. The lowest BCUT2D eigenvalue weighted by atomic mass is 10.2. The lowest BCUT2D eigenvalue weighted by Crippen LogP contribution is -2.38. The standard InChI is InChI=1S/C24H26N2O5S/c1-4-31-22-11-7-5-9-20(22)25-24(27)17-26(21-10-6-8-12-23(21)30-3)32(28,29)19-15-13-18(2)14-16-19/h5-16H,4,17H2,1-3H3,(H,25,27). The van der Waals surface area contributed by atoms with Crippen LogP contribution in [0.3, 0.4) is 0 Å². The highest BCUT2D eigenvalue weighted by atomic mass is 32.2. The van der Waals surface area contributed by atoms with E-state index in [4.69, 9.17) is 9.47 Å². The molecule has 0 unspecified atom stereocenters. The number of carbonyl (C=O) groups is 1. The van der Waals surface area contributed by atoms with Crippen molar-refractivity contribution < 1.29 is 22.7 Å². The van der Waals surface area contributed by atoms with Gasteiger partial charge in [-0.3, -0.25) is 9.10 Å². The van der Waals surface area contributed by atoms with Crippen LogP contribution in [0, 0.1) is 6.92 Å². The SMILES string of the molecule is CCOc1ccccc1NC(=O)CN(c1ccccc1OC)S(=O)(=O)c1ccc(C)cc1. The molecule has 0 spiro atoms. The first-order chi connectivity index (χ1) is 15.4. The third kappa shape index (κ3) is 5.20. The van der Waals surface area contributed by atoms with Crippen LogP contribution in [0.5, 0.6) is 11.5 Å². The van der Waals surface area contributed by atoms with E-state index >= 15 is 0 Å². The number of methoxy groups -OCH3 is 1. The van der Waals surface area contributed by atoms with Gasteiger partial charge in [0.05, 0.1) is 30.0 Å². The second kappa shape index (κ2) is 10.2. The number of para-hydroxylation sites is 4. The monoisotopic (exact) mass is 454 g/mol. The van der Waals surface area contributed by atoms with Crippen molar-refractivity contribution in [2.24, 2.45) is 0 Å². The van der Waals surface area contributed by atoms with E-state index in [-0.39, 0.29) is 10.6 Å². The van der Waals surface area contributed by atoms with Gasteiger partial charge in [0.1, 0.15) is 18.0 Å². The van der Waals surface area contributed by atoms with Crippen LogP contribution >= 0.6 is 0 Å². The van der Waals surface area contributed by atoms with Gasteiger partial charge < -0.3 is 14.8 Å². The van der Waals surface area contributed by atoms with Crippen LogP contribution in [0.2, 0.25) is 0 Å². The molecule has 168 valence electrons. The third-order valence-corrected chi connectivity index (χ3v) is 6.49. The zero-order valence-electron chi connectivity index (χ0n) is 18.2. The van der Waals surface area contributed by atoms with Gasteiger partial charge in [-0.15, -0.1) is 0 Å². The van der Waals surface area contributed by atoms with Crippen molar-refractivity contribution in [3.05, 3.63) is 78.4 Å². The molecular formula is C24H26N2O5S. The molecule has 8 heteroatoms. The number of rotatable bonds is 9. The number of aryl methyl sites for hydroxylation is 1. The van der Waals surface area contributed by atoms with Gasteiger partial charge in [0, 0.05) is 0 Å². The first kappa shape index (κ1) is 23.1. The van der Waals surface area contributed by atoms with E-state index in [1.54, 1.807) is 60.7 Å². The number of nitrogens with one attached hydrogen (secondary N) is 1. The molecule has 0 aliphatic carbocycles. The molecule has 3 aromatic carbocycles. The summed E-state index contributed by atoms with van der Waals surface area (Å²) < 4.78 is 39.0. The minimum Gasteiger partial charge on any atom is -0.495 e. The second-order valence-corrected chi connectivity index (χ2v) is 8.84. The Labute approximate surface area is 188 Å². The van der Waals surface area contributed by atoms with Crippen LogP contribution < -0.4 is 19.1 Å². The predicted molar refractivity (Wildman–Crippen MR) is 125 cm³/mol. The molecule has 0 aliphatic heterocycles. The molecule has 0 saturated carbocycles. The molecule has 0 aromatic heterocycles. The summed E-state index contributed by atoms with van der Waals surface area (Å²) in [6, 6.07) is 20.1. The minimum absolute atomic E-state index is 0.0801. The van der Waals surface area contributed by atoms with E-state index in [1.165, 1.54) is 19.2 Å². The first-order valence-electron chi connectivity index (χ1n) is 10.1. The fourth-order valence-electron chi connectivity index (χ4n) is 3.14. The molecule has 32 heavy (non-hydrogen) atoms. The summed E-state index contributed by atoms with van der Waals surface area (Å²) in [5.74, 6) is 0.332. The maximum atomic E-state index is 13.5. The van der Waals surface area contributed by atoms with E-state index in [9.17, 15) is 13.2 Å².